The van der Waals surface area contributed by atoms with E-state index >= 15 is 0 Å². The zero-order valence-electron chi connectivity index (χ0n) is 12.3. The number of aryl methyl sites for hydroxylation is 1. The van der Waals surface area contributed by atoms with Gasteiger partial charge in [0.2, 0.25) is 0 Å². The van der Waals surface area contributed by atoms with Crippen molar-refractivity contribution in [2.45, 2.75) is 38.9 Å². The van der Waals surface area contributed by atoms with E-state index in [1.165, 1.54) is 0 Å². The number of nitrogens with zero attached hydrogens (tertiary/aromatic N) is 2. The van der Waals surface area contributed by atoms with Crippen LogP contribution in [-0.4, -0.2) is 46.7 Å². The molecular formula is C16H23N3O. The summed E-state index contributed by atoms with van der Waals surface area (Å²) in [4.78, 5) is 10.5. The van der Waals surface area contributed by atoms with Gasteiger partial charge in [-0.15, -0.1) is 0 Å². The molecular weight excluding hydrogens is 250 g/mol. The molecule has 108 valence electrons. The zero-order valence-corrected chi connectivity index (χ0v) is 12.3. The quantitative estimate of drug-likeness (QED) is 0.931. The molecule has 3 rings (SSSR count). The Labute approximate surface area is 120 Å². The summed E-state index contributed by atoms with van der Waals surface area (Å²) in [5.41, 5.74) is 2.20. The first-order valence-corrected chi connectivity index (χ1v) is 7.52. The molecule has 2 heterocycles. The summed E-state index contributed by atoms with van der Waals surface area (Å²) in [7, 11) is 0. The van der Waals surface area contributed by atoms with Gasteiger partial charge in [0, 0.05) is 19.5 Å². The fraction of sp³-hybridized carbons (Fsp3) is 0.562. The van der Waals surface area contributed by atoms with Gasteiger partial charge in [0.15, 0.2) is 0 Å². The van der Waals surface area contributed by atoms with Crippen molar-refractivity contribution in [2.75, 3.05) is 19.6 Å². The van der Waals surface area contributed by atoms with Crippen LogP contribution in [0.4, 0.5) is 0 Å². The molecule has 0 aliphatic carbocycles. The van der Waals surface area contributed by atoms with Crippen molar-refractivity contribution in [1.82, 2.24) is 14.9 Å². The third kappa shape index (κ3) is 3.19. The number of H-pyrrole nitrogens is 1. The number of hydrogen-bond donors (Lipinski definition) is 1. The summed E-state index contributed by atoms with van der Waals surface area (Å²) in [6.45, 7) is 7.52. The van der Waals surface area contributed by atoms with Crippen LogP contribution in [0, 0.1) is 0 Å². The number of fused-ring (bicyclic) bond motifs is 1. The number of ether oxygens (including phenoxy) is 1. The minimum atomic E-state index is 0.352. The number of aromatic amines is 1. The van der Waals surface area contributed by atoms with Gasteiger partial charge in [-0.1, -0.05) is 12.1 Å². The second-order valence-corrected chi connectivity index (χ2v) is 5.82. The Balaban J connectivity index is 1.52. The lowest BCUT2D eigenvalue weighted by atomic mass is 10.2. The van der Waals surface area contributed by atoms with E-state index in [2.05, 4.69) is 40.8 Å². The van der Waals surface area contributed by atoms with Gasteiger partial charge in [0.25, 0.3) is 0 Å². The SMILES string of the molecule is C[C@@H]1CN(CCCc2nc3ccccc3[nH]2)C[C@H](C)O1. The number of para-hydroxylation sites is 2. The lowest BCUT2D eigenvalue weighted by molar-refractivity contribution is -0.0680. The molecule has 20 heavy (non-hydrogen) atoms. The van der Waals surface area contributed by atoms with Crippen LogP contribution >= 0.6 is 0 Å². The van der Waals surface area contributed by atoms with E-state index in [0.29, 0.717) is 12.2 Å². The van der Waals surface area contributed by atoms with E-state index in [0.717, 1.165) is 49.3 Å². The van der Waals surface area contributed by atoms with Crippen LogP contribution in [0.15, 0.2) is 24.3 Å². The third-order valence-electron chi connectivity index (χ3n) is 3.82. The minimum absolute atomic E-state index is 0.352. The molecule has 2 atom stereocenters. The maximum atomic E-state index is 5.76. The highest BCUT2D eigenvalue weighted by atomic mass is 16.5. The number of morpholine rings is 1. The number of rotatable bonds is 4. The number of hydrogen-bond acceptors (Lipinski definition) is 3. The monoisotopic (exact) mass is 273 g/mol. The van der Waals surface area contributed by atoms with E-state index in [9.17, 15) is 0 Å². The van der Waals surface area contributed by atoms with Gasteiger partial charge in [-0.2, -0.15) is 0 Å². The summed E-state index contributed by atoms with van der Waals surface area (Å²) < 4.78 is 5.76. The topological polar surface area (TPSA) is 41.2 Å². The van der Waals surface area contributed by atoms with Crippen molar-refractivity contribution in [3.63, 3.8) is 0 Å². The number of aromatic nitrogens is 2. The van der Waals surface area contributed by atoms with Crippen LogP contribution in [0.3, 0.4) is 0 Å². The Morgan fingerprint density at radius 3 is 2.75 bits per heavy atom. The molecule has 0 radical (unpaired) electrons. The Bertz CT molecular complexity index is 523. The summed E-state index contributed by atoms with van der Waals surface area (Å²) in [6.07, 6.45) is 2.85. The molecule has 4 nitrogen and oxygen atoms in total. The lowest BCUT2D eigenvalue weighted by Crippen LogP contribution is -2.45. The van der Waals surface area contributed by atoms with Crippen LogP contribution in [0.2, 0.25) is 0 Å². The highest BCUT2D eigenvalue weighted by molar-refractivity contribution is 5.74. The molecule has 0 unspecified atom stereocenters. The molecule has 1 aliphatic rings. The average molecular weight is 273 g/mol. The second kappa shape index (κ2) is 5.94. The van der Waals surface area contributed by atoms with Crippen molar-refractivity contribution >= 4 is 11.0 Å². The molecule has 0 bridgehead atoms. The van der Waals surface area contributed by atoms with Crippen LogP contribution in [-0.2, 0) is 11.2 Å². The summed E-state index contributed by atoms with van der Waals surface area (Å²) >= 11 is 0. The van der Waals surface area contributed by atoms with E-state index in [4.69, 9.17) is 4.74 Å². The molecule has 1 aromatic carbocycles. The predicted molar refractivity (Wildman–Crippen MR) is 80.9 cm³/mol. The second-order valence-electron chi connectivity index (χ2n) is 5.82. The minimum Gasteiger partial charge on any atom is -0.373 e. The molecule has 0 amide bonds. The molecule has 1 saturated heterocycles. The van der Waals surface area contributed by atoms with Crippen molar-refractivity contribution < 1.29 is 4.74 Å². The van der Waals surface area contributed by atoms with E-state index in [1.54, 1.807) is 0 Å². The molecule has 1 aromatic heterocycles. The highest BCUT2D eigenvalue weighted by Gasteiger charge is 2.21. The number of nitrogens with one attached hydrogen (secondary N) is 1. The number of imidazole rings is 1. The fourth-order valence-electron chi connectivity index (χ4n) is 3.06. The Morgan fingerprint density at radius 1 is 1.25 bits per heavy atom. The Kier molecular flexibility index (Phi) is 4.03. The van der Waals surface area contributed by atoms with Crippen molar-refractivity contribution in [3.8, 4) is 0 Å². The van der Waals surface area contributed by atoms with Gasteiger partial charge in [0.05, 0.1) is 23.2 Å². The van der Waals surface area contributed by atoms with Gasteiger partial charge in [-0.25, -0.2) is 4.98 Å². The van der Waals surface area contributed by atoms with E-state index in [1.807, 2.05) is 12.1 Å². The largest absolute Gasteiger partial charge is 0.373 e. The van der Waals surface area contributed by atoms with Crippen LogP contribution in [0.5, 0.6) is 0 Å². The average Bonchev–Trinajstić information content (AvgIpc) is 2.80. The van der Waals surface area contributed by atoms with Crippen molar-refractivity contribution in [2.24, 2.45) is 0 Å². The summed E-state index contributed by atoms with van der Waals surface area (Å²) in [6, 6.07) is 8.21. The molecule has 4 heteroatoms. The van der Waals surface area contributed by atoms with Crippen LogP contribution in [0.25, 0.3) is 11.0 Å². The van der Waals surface area contributed by atoms with Gasteiger partial charge < -0.3 is 9.72 Å². The van der Waals surface area contributed by atoms with Gasteiger partial charge in [0.1, 0.15) is 5.82 Å². The third-order valence-corrected chi connectivity index (χ3v) is 3.82. The lowest BCUT2D eigenvalue weighted by Gasteiger charge is -2.35. The molecule has 0 saturated carbocycles. The normalized spacial score (nSPS) is 24.3. The van der Waals surface area contributed by atoms with E-state index < -0.39 is 0 Å². The Morgan fingerprint density at radius 2 is 2.00 bits per heavy atom. The van der Waals surface area contributed by atoms with Gasteiger partial charge >= 0.3 is 0 Å². The predicted octanol–water partition coefficient (Wildman–Crippen LogP) is 2.60. The Hall–Kier alpha value is -1.39. The van der Waals surface area contributed by atoms with Gasteiger partial charge in [-0.05, 0) is 38.9 Å². The van der Waals surface area contributed by atoms with Gasteiger partial charge in [-0.3, -0.25) is 4.90 Å². The number of benzene rings is 1. The molecule has 1 fully saturated rings. The maximum absolute atomic E-state index is 5.76. The first-order chi connectivity index (χ1) is 9.70. The van der Waals surface area contributed by atoms with Crippen molar-refractivity contribution in [1.29, 1.82) is 0 Å². The van der Waals surface area contributed by atoms with E-state index in [-0.39, 0.29) is 0 Å². The summed E-state index contributed by atoms with van der Waals surface area (Å²) in [5.74, 6) is 1.10. The first kappa shape index (κ1) is 13.6. The molecule has 1 aliphatic heterocycles. The molecule has 0 spiro atoms. The van der Waals surface area contributed by atoms with Crippen LogP contribution < -0.4 is 0 Å². The molecule has 2 aromatic rings. The first-order valence-electron chi connectivity index (χ1n) is 7.52. The standard InChI is InChI=1S/C16H23N3O/c1-12-10-19(11-13(2)20-12)9-5-8-16-17-14-6-3-4-7-15(14)18-16/h3-4,6-7,12-13H,5,8-11H2,1-2H3,(H,17,18)/t12-,13+. The molecule has 1 N–H and O–H groups in total. The van der Waals surface area contributed by atoms with Crippen molar-refractivity contribution in [3.05, 3.63) is 30.1 Å². The summed E-state index contributed by atoms with van der Waals surface area (Å²) in [5, 5.41) is 0. The fourth-order valence-corrected chi connectivity index (χ4v) is 3.06. The zero-order chi connectivity index (χ0) is 13.9. The van der Waals surface area contributed by atoms with Crippen LogP contribution in [0.1, 0.15) is 26.1 Å². The highest BCUT2D eigenvalue weighted by Crippen LogP contribution is 2.13. The smallest absolute Gasteiger partial charge is 0.107 e. The maximum Gasteiger partial charge on any atom is 0.107 e.